The van der Waals surface area contributed by atoms with E-state index >= 15 is 0 Å². The number of hydrogen-bond acceptors (Lipinski definition) is 4. The average molecular weight is 215 g/mol. The number of hydroxylamine groups is 1. The highest BCUT2D eigenvalue weighted by Crippen LogP contribution is 2.17. The summed E-state index contributed by atoms with van der Waals surface area (Å²) in [6, 6.07) is 7.04. The van der Waals surface area contributed by atoms with Crippen molar-refractivity contribution in [1.29, 1.82) is 0 Å². The predicted octanol–water partition coefficient (Wildman–Crippen LogP) is 1.26. The molecule has 2 aromatic rings. The second-order valence-electron chi connectivity index (χ2n) is 3.11. The third kappa shape index (κ3) is 2.04. The number of carbonyl (C=O) groups is 1. The highest BCUT2D eigenvalue weighted by Gasteiger charge is 2.07. The van der Waals surface area contributed by atoms with Crippen LogP contribution in [0.15, 0.2) is 42.9 Å². The van der Waals surface area contributed by atoms with Gasteiger partial charge in [-0.05, 0) is 23.8 Å². The number of amides is 1. The van der Waals surface area contributed by atoms with Crippen molar-refractivity contribution in [3.63, 3.8) is 0 Å². The number of carbonyl (C=O) groups excluding carboxylic acids is 1. The Morgan fingerprint density at radius 1 is 1.25 bits per heavy atom. The maximum atomic E-state index is 11.2. The summed E-state index contributed by atoms with van der Waals surface area (Å²) in [6.45, 7) is 0. The highest BCUT2D eigenvalue weighted by molar-refractivity contribution is 5.92. The Labute approximate surface area is 91.8 Å². The standard InChI is InChI=1S/C11H9N3O2/c15-11(14-16)10-6-8(3-5-13-10)9-2-1-4-12-7-9/h1-7,16H,(H,14,15). The normalized spacial score (nSPS) is 9.81. The number of hydrogen-bond donors (Lipinski definition) is 2. The van der Waals surface area contributed by atoms with E-state index in [1.54, 1.807) is 30.0 Å². The van der Waals surface area contributed by atoms with Crippen LogP contribution in [-0.4, -0.2) is 21.1 Å². The topological polar surface area (TPSA) is 75.1 Å². The van der Waals surface area contributed by atoms with Crippen LogP contribution in [0, 0.1) is 0 Å². The molecule has 0 saturated heterocycles. The molecule has 0 spiro atoms. The van der Waals surface area contributed by atoms with E-state index in [1.165, 1.54) is 6.20 Å². The molecule has 0 fully saturated rings. The SMILES string of the molecule is O=C(NO)c1cc(-c2cccnc2)ccn1. The monoisotopic (exact) mass is 215 g/mol. The van der Waals surface area contributed by atoms with Crippen LogP contribution in [0.25, 0.3) is 11.1 Å². The second-order valence-corrected chi connectivity index (χ2v) is 3.11. The van der Waals surface area contributed by atoms with Gasteiger partial charge in [-0.3, -0.25) is 20.0 Å². The van der Waals surface area contributed by atoms with Crippen molar-refractivity contribution in [2.75, 3.05) is 0 Å². The van der Waals surface area contributed by atoms with Crippen LogP contribution in [0.4, 0.5) is 0 Å². The third-order valence-corrected chi connectivity index (χ3v) is 2.09. The Balaban J connectivity index is 2.40. The van der Waals surface area contributed by atoms with Crippen molar-refractivity contribution >= 4 is 5.91 Å². The molecule has 0 radical (unpaired) electrons. The molecule has 0 aliphatic heterocycles. The van der Waals surface area contributed by atoms with Crippen LogP contribution in [0.1, 0.15) is 10.5 Å². The smallest absolute Gasteiger partial charge is 0.288 e. The molecule has 2 heterocycles. The van der Waals surface area contributed by atoms with E-state index < -0.39 is 5.91 Å². The van der Waals surface area contributed by atoms with Gasteiger partial charge in [-0.2, -0.15) is 0 Å². The van der Waals surface area contributed by atoms with Crippen LogP contribution in [0.5, 0.6) is 0 Å². The zero-order valence-corrected chi connectivity index (χ0v) is 8.29. The van der Waals surface area contributed by atoms with E-state index in [1.807, 2.05) is 12.1 Å². The summed E-state index contributed by atoms with van der Waals surface area (Å²) < 4.78 is 0. The van der Waals surface area contributed by atoms with Gasteiger partial charge in [0.2, 0.25) is 0 Å². The quantitative estimate of drug-likeness (QED) is 0.584. The summed E-state index contributed by atoms with van der Waals surface area (Å²) in [5, 5.41) is 8.50. The molecule has 0 bridgehead atoms. The fourth-order valence-electron chi connectivity index (χ4n) is 1.33. The Hall–Kier alpha value is -2.27. The van der Waals surface area contributed by atoms with Crippen molar-refractivity contribution in [2.24, 2.45) is 0 Å². The molecule has 2 rings (SSSR count). The fourth-order valence-corrected chi connectivity index (χ4v) is 1.33. The maximum absolute atomic E-state index is 11.2. The second kappa shape index (κ2) is 4.50. The van der Waals surface area contributed by atoms with Gasteiger partial charge >= 0.3 is 0 Å². The average Bonchev–Trinajstić information content (AvgIpc) is 2.39. The lowest BCUT2D eigenvalue weighted by atomic mass is 10.1. The van der Waals surface area contributed by atoms with Gasteiger partial charge in [-0.25, -0.2) is 5.48 Å². The minimum Gasteiger partial charge on any atom is -0.288 e. The first-order valence-corrected chi connectivity index (χ1v) is 4.62. The summed E-state index contributed by atoms with van der Waals surface area (Å²) in [4.78, 5) is 19.0. The zero-order chi connectivity index (χ0) is 11.4. The van der Waals surface area contributed by atoms with Crippen molar-refractivity contribution in [2.45, 2.75) is 0 Å². The largest absolute Gasteiger partial charge is 0.293 e. The van der Waals surface area contributed by atoms with Crippen molar-refractivity contribution in [3.8, 4) is 11.1 Å². The molecule has 0 aliphatic rings. The van der Waals surface area contributed by atoms with E-state index in [-0.39, 0.29) is 5.69 Å². The van der Waals surface area contributed by atoms with E-state index in [0.29, 0.717) is 0 Å². The van der Waals surface area contributed by atoms with Crippen LogP contribution in [-0.2, 0) is 0 Å². The molecule has 16 heavy (non-hydrogen) atoms. The Bertz CT molecular complexity index is 500. The van der Waals surface area contributed by atoms with Gasteiger partial charge in [-0.1, -0.05) is 6.07 Å². The van der Waals surface area contributed by atoms with Crippen LogP contribution in [0.3, 0.4) is 0 Å². The molecule has 2 N–H and O–H groups in total. The van der Waals surface area contributed by atoms with E-state index in [0.717, 1.165) is 11.1 Å². The first-order valence-electron chi connectivity index (χ1n) is 4.62. The van der Waals surface area contributed by atoms with E-state index in [4.69, 9.17) is 5.21 Å². The van der Waals surface area contributed by atoms with Crippen LogP contribution < -0.4 is 5.48 Å². The molecular formula is C11H9N3O2. The fraction of sp³-hybridized carbons (Fsp3) is 0. The summed E-state index contributed by atoms with van der Waals surface area (Å²) in [5.74, 6) is -0.634. The lowest BCUT2D eigenvalue weighted by Crippen LogP contribution is -2.19. The Kier molecular flexibility index (Phi) is 2.88. The minimum absolute atomic E-state index is 0.156. The van der Waals surface area contributed by atoms with Gasteiger partial charge in [0.25, 0.3) is 5.91 Å². The lowest BCUT2D eigenvalue weighted by Gasteiger charge is -2.02. The first kappa shape index (κ1) is 10.3. The Morgan fingerprint density at radius 2 is 2.12 bits per heavy atom. The van der Waals surface area contributed by atoms with Gasteiger partial charge in [0.15, 0.2) is 0 Å². The number of pyridine rings is 2. The van der Waals surface area contributed by atoms with Crippen molar-refractivity contribution in [3.05, 3.63) is 48.5 Å². The van der Waals surface area contributed by atoms with Crippen LogP contribution >= 0.6 is 0 Å². The number of aromatic nitrogens is 2. The molecule has 2 aromatic heterocycles. The molecule has 80 valence electrons. The van der Waals surface area contributed by atoms with Crippen LogP contribution in [0.2, 0.25) is 0 Å². The molecule has 5 nitrogen and oxygen atoms in total. The number of nitrogens with one attached hydrogen (secondary N) is 1. The first-order chi connectivity index (χ1) is 7.81. The predicted molar refractivity (Wildman–Crippen MR) is 56.7 cm³/mol. The van der Waals surface area contributed by atoms with Crippen molar-refractivity contribution in [1.82, 2.24) is 15.4 Å². The number of nitrogens with zero attached hydrogens (tertiary/aromatic N) is 2. The minimum atomic E-state index is -0.634. The summed E-state index contributed by atoms with van der Waals surface area (Å²) in [7, 11) is 0. The maximum Gasteiger partial charge on any atom is 0.293 e. The summed E-state index contributed by atoms with van der Waals surface area (Å²) in [6.07, 6.45) is 4.87. The molecule has 0 unspecified atom stereocenters. The third-order valence-electron chi connectivity index (χ3n) is 2.09. The molecule has 0 aromatic carbocycles. The van der Waals surface area contributed by atoms with E-state index in [2.05, 4.69) is 9.97 Å². The van der Waals surface area contributed by atoms with Gasteiger partial charge in [-0.15, -0.1) is 0 Å². The molecule has 5 heteroatoms. The molecule has 1 amide bonds. The zero-order valence-electron chi connectivity index (χ0n) is 8.29. The summed E-state index contributed by atoms with van der Waals surface area (Å²) in [5.41, 5.74) is 3.41. The van der Waals surface area contributed by atoms with Gasteiger partial charge in [0.05, 0.1) is 0 Å². The van der Waals surface area contributed by atoms with Gasteiger partial charge in [0, 0.05) is 24.2 Å². The highest BCUT2D eigenvalue weighted by atomic mass is 16.5. The van der Waals surface area contributed by atoms with Gasteiger partial charge < -0.3 is 0 Å². The molecular weight excluding hydrogens is 206 g/mol. The lowest BCUT2D eigenvalue weighted by molar-refractivity contribution is 0.0701. The molecule has 0 aliphatic carbocycles. The molecule has 0 saturated carbocycles. The van der Waals surface area contributed by atoms with Gasteiger partial charge in [0.1, 0.15) is 5.69 Å². The van der Waals surface area contributed by atoms with Crippen molar-refractivity contribution < 1.29 is 10.0 Å². The Morgan fingerprint density at radius 3 is 2.81 bits per heavy atom. The van der Waals surface area contributed by atoms with E-state index in [9.17, 15) is 4.79 Å². The molecule has 0 atom stereocenters. The summed E-state index contributed by atoms with van der Waals surface area (Å²) >= 11 is 0. The number of rotatable bonds is 2.